The summed E-state index contributed by atoms with van der Waals surface area (Å²) in [6.45, 7) is 3.79. The van der Waals surface area contributed by atoms with Gasteiger partial charge in [0.1, 0.15) is 5.82 Å². The third-order valence-electron chi connectivity index (χ3n) is 8.05. The van der Waals surface area contributed by atoms with Crippen molar-refractivity contribution in [2.75, 3.05) is 20.8 Å². The van der Waals surface area contributed by atoms with Crippen LogP contribution in [0, 0.1) is 0 Å². The first-order valence-corrected chi connectivity index (χ1v) is 13.9. The molecule has 2 aliphatic rings. The molecule has 2 aliphatic heterocycles. The van der Waals surface area contributed by atoms with Crippen molar-refractivity contribution < 1.29 is 33.8 Å². The summed E-state index contributed by atoms with van der Waals surface area (Å²) in [5.74, 6) is -4.73. The van der Waals surface area contributed by atoms with E-state index in [2.05, 4.69) is 0 Å². The molecule has 1 N–H and O–H groups in total. The number of rotatable bonds is 7. The van der Waals surface area contributed by atoms with Crippen molar-refractivity contribution >= 4 is 23.6 Å². The first kappa shape index (κ1) is 29.5. The first-order valence-electron chi connectivity index (χ1n) is 13.9. The molecule has 3 aromatic rings. The number of hydrogen-bond acceptors (Lipinski definition) is 8. The Hall–Kier alpha value is -5.02. The predicted molar refractivity (Wildman–Crippen MR) is 157 cm³/mol. The zero-order valence-electron chi connectivity index (χ0n) is 24.3. The minimum atomic E-state index is -2.86. The molecule has 5 rings (SSSR count). The van der Waals surface area contributed by atoms with Gasteiger partial charge in [0.15, 0.2) is 5.78 Å². The van der Waals surface area contributed by atoms with Crippen molar-refractivity contribution in [1.82, 2.24) is 9.80 Å². The van der Waals surface area contributed by atoms with Gasteiger partial charge in [0.05, 0.1) is 37.3 Å². The van der Waals surface area contributed by atoms with E-state index in [-0.39, 0.29) is 23.5 Å². The Kier molecular flexibility index (Phi) is 8.02. The van der Waals surface area contributed by atoms with E-state index in [0.717, 1.165) is 7.11 Å². The number of hydrogen-bond donors (Lipinski definition) is 1. The second kappa shape index (κ2) is 11.7. The highest BCUT2D eigenvalue weighted by molar-refractivity contribution is 6.17. The summed E-state index contributed by atoms with van der Waals surface area (Å²) in [6, 6.07) is 24.5. The molecule has 0 unspecified atom stereocenters. The van der Waals surface area contributed by atoms with Gasteiger partial charge < -0.3 is 19.5 Å². The number of allylic oxidation sites excluding steroid dienone is 1. The maximum atomic E-state index is 14.8. The second-order valence-electron chi connectivity index (χ2n) is 10.3. The summed E-state index contributed by atoms with van der Waals surface area (Å²) < 4.78 is 10.2. The van der Waals surface area contributed by atoms with Gasteiger partial charge >= 0.3 is 11.9 Å². The monoisotopic (exact) mass is 580 g/mol. The molecule has 0 bridgehead atoms. The fourth-order valence-electron chi connectivity index (χ4n) is 6.12. The smallest absolute Gasteiger partial charge is 0.348 e. The Morgan fingerprint density at radius 2 is 1.35 bits per heavy atom. The lowest BCUT2D eigenvalue weighted by Crippen LogP contribution is -2.65. The number of Topliss-reactive ketones (excluding diaryl/α,β-unsaturated/α-hetero) is 1. The van der Waals surface area contributed by atoms with E-state index in [4.69, 9.17) is 9.47 Å². The Bertz CT molecular complexity index is 1630. The number of fused-ring (bicyclic) bond motifs is 1. The number of esters is 2. The number of methoxy groups -OCH3 is 2. The molecule has 0 aromatic heterocycles. The van der Waals surface area contributed by atoms with Crippen LogP contribution in [0.15, 0.2) is 114 Å². The van der Waals surface area contributed by atoms with Crippen molar-refractivity contribution in [1.29, 1.82) is 0 Å². The van der Waals surface area contributed by atoms with Gasteiger partial charge in [-0.3, -0.25) is 14.5 Å². The van der Waals surface area contributed by atoms with Crippen LogP contribution in [0.3, 0.4) is 0 Å². The molecule has 3 atom stereocenters. The number of aliphatic hydroxyl groups is 1. The second-order valence-corrected chi connectivity index (χ2v) is 10.3. The van der Waals surface area contributed by atoms with Gasteiger partial charge in [0.25, 0.3) is 11.5 Å². The van der Waals surface area contributed by atoms with Crippen LogP contribution in [-0.2, 0) is 23.9 Å². The van der Waals surface area contributed by atoms with E-state index in [0.29, 0.717) is 22.4 Å². The largest absolute Gasteiger partial charge is 0.466 e. The van der Waals surface area contributed by atoms with E-state index >= 15 is 0 Å². The standard InChI is InChI=1S/C34H32N2O7/c1-5-35-21(2)25(31(38)42-3)28(23-17-11-7-12-18-23)36-30(35)26(29(37)24-19-13-8-14-20-24)27(22-15-9-6-10-16-22)34(41,32(36)39)33(40)43-4/h6-20,27-28,41H,5H2,1-4H3/t27-,28+,34-/m0/s1. The molecule has 0 saturated carbocycles. The van der Waals surface area contributed by atoms with Crippen molar-refractivity contribution in [3.63, 3.8) is 0 Å². The summed E-state index contributed by atoms with van der Waals surface area (Å²) in [5, 5.41) is 12.4. The van der Waals surface area contributed by atoms with Crippen molar-refractivity contribution in [2.24, 2.45) is 0 Å². The van der Waals surface area contributed by atoms with E-state index in [9.17, 15) is 24.3 Å². The van der Waals surface area contributed by atoms with Gasteiger partial charge in [-0.1, -0.05) is 91.0 Å². The maximum absolute atomic E-state index is 14.8. The minimum absolute atomic E-state index is 0.0101. The minimum Gasteiger partial charge on any atom is -0.466 e. The fourth-order valence-corrected chi connectivity index (χ4v) is 6.12. The molecule has 2 heterocycles. The van der Waals surface area contributed by atoms with E-state index in [1.54, 1.807) is 103 Å². The zero-order chi connectivity index (χ0) is 30.9. The fraction of sp³-hybridized carbons (Fsp3) is 0.235. The molecule has 0 radical (unpaired) electrons. The highest BCUT2D eigenvalue weighted by Gasteiger charge is 2.64. The van der Waals surface area contributed by atoms with Crippen LogP contribution in [0.2, 0.25) is 0 Å². The number of ketones is 1. The molecular weight excluding hydrogens is 548 g/mol. The third kappa shape index (κ3) is 4.62. The summed E-state index contributed by atoms with van der Waals surface area (Å²) in [4.78, 5) is 59.3. The molecule has 0 spiro atoms. The van der Waals surface area contributed by atoms with Gasteiger partial charge in [-0.2, -0.15) is 0 Å². The lowest BCUT2D eigenvalue weighted by atomic mass is 9.70. The molecule has 0 saturated heterocycles. The molecule has 43 heavy (non-hydrogen) atoms. The molecule has 9 heteroatoms. The lowest BCUT2D eigenvalue weighted by Gasteiger charge is -2.52. The number of benzene rings is 3. The van der Waals surface area contributed by atoms with E-state index in [1.165, 1.54) is 12.0 Å². The molecule has 3 aromatic carbocycles. The van der Waals surface area contributed by atoms with E-state index in [1.807, 2.05) is 6.92 Å². The van der Waals surface area contributed by atoms with Gasteiger partial charge in [0.2, 0.25) is 0 Å². The molecule has 1 amide bonds. The highest BCUT2D eigenvalue weighted by atomic mass is 16.5. The van der Waals surface area contributed by atoms with Gasteiger partial charge in [-0.15, -0.1) is 0 Å². The number of nitrogens with zero attached hydrogens (tertiary/aromatic N) is 2. The number of ether oxygens (including phenoxy) is 2. The Morgan fingerprint density at radius 1 is 0.814 bits per heavy atom. The lowest BCUT2D eigenvalue weighted by molar-refractivity contribution is -0.178. The molecule has 0 fully saturated rings. The quantitative estimate of drug-likeness (QED) is 0.252. The van der Waals surface area contributed by atoms with Crippen LogP contribution in [0.1, 0.15) is 47.3 Å². The number of carbonyl (C=O) groups excluding carboxylic acids is 4. The summed E-state index contributed by atoms with van der Waals surface area (Å²) >= 11 is 0. The first-order chi connectivity index (χ1) is 20.7. The van der Waals surface area contributed by atoms with Crippen LogP contribution in [0.4, 0.5) is 0 Å². The van der Waals surface area contributed by atoms with Crippen LogP contribution >= 0.6 is 0 Å². The average molecular weight is 581 g/mol. The average Bonchev–Trinajstić information content (AvgIpc) is 3.05. The van der Waals surface area contributed by atoms with Crippen LogP contribution < -0.4 is 0 Å². The van der Waals surface area contributed by atoms with Crippen molar-refractivity contribution in [3.8, 4) is 0 Å². The maximum Gasteiger partial charge on any atom is 0.348 e. The third-order valence-corrected chi connectivity index (χ3v) is 8.05. The van der Waals surface area contributed by atoms with Crippen LogP contribution in [0.25, 0.3) is 0 Å². The van der Waals surface area contributed by atoms with Crippen molar-refractivity contribution in [2.45, 2.75) is 31.4 Å². The number of carbonyl (C=O) groups is 4. The summed E-state index contributed by atoms with van der Waals surface area (Å²) in [6.07, 6.45) is 0. The Labute approximate surface area is 249 Å². The SMILES string of the molecule is CCN1C(C)=C(C(=O)OC)[C@@H](c2ccccc2)N2C(=O)[C@](O)(C(=O)OC)[C@@H](c3ccccc3)C(C(=O)c3ccccc3)=C12. The van der Waals surface area contributed by atoms with Gasteiger partial charge in [0, 0.05) is 17.8 Å². The Morgan fingerprint density at radius 3 is 1.86 bits per heavy atom. The molecule has 9 nitrogen and oxygen atoms in total. The van der Waals surface area contributed by atoms with Crippen LogP contribution in [-0.4, -0.2) is 64.9 Å². The normalized spacial score (nSPS) is 21.8. The zero-order valence-corrected chi connectivity index (χ0v) is 24.3. The van der Waals surface area contributed by atoms with Crippen molar-refractivity contribution in [3.05, 3.63) is 130 Å². The Balaban J connectivity index is 1.98. The molecular formula is C34H32N2O7. The van der Waals surface area contributed by atoms with Crippen LogP contribution in [0.5, 0.6) is 0 Å². The van der Waals surface area contributed by atoms with E-state index < -0.39 is 41.2 Å². The molecule has 0 aliphatic carbocycles. The summed E-state index contributed by atoms with van der Waals surface area (Å²) in [7, 11) is 2.31. The van der Waals surface area contributed by atoms with Gasteiger partial charge in [-0.25, -0.2) is 9.59 Å². The molecule has 220 valence electrons. The summed E-state index contributed by atoms with van der Waals surface area (Å²) in [5.41, 5.74) is -1.08. The predicted octanol–water partition coefficient (Wildman–Crippen LogP) is 4.13. The number of amides is 1. The van der Waals surface area contributed by atoms with Gasteiger partial charge in [-0.05, 0) is 25.0 Å². The highest BCUT2D eigenvalue weighted by Crippen LogP contribution is 2.52. The topological polar surface area (TPSA) is 113 Å².